The van der Waals surface area contributed by atoms with Crippen LogP contribution in [0.2, 0.25) is 5.02 Å². The standard InChI is InChI=1S/C29H24ClF2N5O/c1-4-17-19(31)7-5-14-9-15(33)10-18(21(14)17)26-25(32)22-23-28(34-12(2)24(22)30)37-11-16-6-8-20(35-16)27(37)13(3)38-29(23)36-26/h1,5,7,9-10,13,16,20,27,35H,6,8,11,33H2,2-3H3/t13-,16+,20-,27+/m0/s1. The van der Waals surface area contributed by atoms with Crippen molar-refractivity contribution in [2.45, 2.75) is 50.9 Å². The topological polar surface area (TPSA) is 76.3 Å². The van der Waals surface area contributed by atoms with E-state index in [1.54, 1.807) is 25.1 Å². The van der Waals surface area contributed by atoms with Gasteiger partial charge in [-0.05, 0) is 50.3 Å². The van der Waals surface area contributed by atoms with E-state index >= 15 is 4.39 Å². The Labute approximate surface area is 223 Å². The molecule has 3 N–H and O–H groups in total. The van der Waals surface area contributed by atoms with E-state index in [1.807, 2.05) is 6.92 Å². The summed E-state index contributed by atoms with van der Waals surface area (Å²) in [6.45, 7) is 4.49. The van der Waals surface area contributed by atoms with Gasteiger partial charge in [-0.3, -0.25) is 0 Å². The number of nitrogens with one attached hydrogen (secondary N) is 1. The molecule has 38 heavy (non-hydrogen) atoms. The lowest BCUT2D eigenvalue weighted by Crippen LogP contribution is -2.62. The molecule has 6 nitrogen and oxygen atoms in total. The van der Waals surface area contributed by atoms with Crippen LogP contribution in [0.3, 0.4) is 0 Å². The third-order valence-corrected chi connectivity index (χ3v) is 8.61. The van der Waals surface area contributed by atoms with E-state index < -0.39 is 11.6 Å². The summed E-state index contributed by atoms with van der Waals surface area (Å²) in [4.78, 5) is 11.8. The number of aromatic nitrogens is 2. The molecule has 0 unspecified atom stereocenters. The number of aryl methyl sites for hydroxylation is 1. The first-order valence-electron chi connectivity index (χ1n) is 12.6. The largest absolute Gasteiger partial charge is 0.472 e. The monoisotopic (exact) mass is 531 g/mol. The third kappa shape index (κ3) is 3.15. The Hall–Kier alpha value is -3.67. The molecule has 2 saturated heterocycles. The van der Waals surface area contributed by atoms with Gasteiger partial charge in [0, 0.05) is 40.7 Å². The lowest BCUT2D eigenvalue weighted by Gasteiger charge is -2.43. The molecule has 4 aromatic rings. The van der Waals surface area contributed by atoms with Crippen molar-refractivity contribution in [3.05, 3.63) is 52.2 Å². The van der Waals surface area contributed by atoms with E-state index in [9.17, 15) is 4.39 Å². The van der Waals surface area contributed by atoms with Gasteiger partial charge in [0.25, 0.3) is 0 Å². The summed E-state index contributed by atoms with van der Waals surface area (Å²) in [5.41, 5.74) is 7.29. The van der Waals surface area contributed by atoms with Crippen molar-refractivity contribution >= 4 is 44.7 Å². The van der Waals surface area contributed by atoms with E-state index in [1.165, 1.54) is 6.07 Å². The van der Waals surface area contributed by atoms with Crippen molar-refractivity contribution in [2.75, 3.05) is 17.2 Å². The molecule has 2 bridgehead atoms. The van der Waals surface area contributed by atoms with E-state index in [0.717, 1.165) is 19.4 Å². The van der Waals surface area contributed by atoms with E-state index in [2.05, 4.69) is 16.1 Å². The molecule has 2 fully saturated rings. The minimum absolute atomic E-state index is 0.0101. The molecule has 5 heterocycles. The van der Waals surface area contributed by atoms with Crippen LogP contribution in [0.5, 0.6) is 5.88 Å². The lowest BCUT2D eigenvalue weighted by molar-refractivity contribution is 0.155. The molecule has 2 aromatic heterocycles. The number of nitrogens with zero attached hydrogens (tertiary/aromatic N) is 3. The van der Waals surface area contributed by atoms with Gasteiger partial charge in [-0.1, -0.05) is 23.6 Å². The number of piperazine rings is 1. The van der Waals surface area contributed by atoms with Gasteiger partial charge in [0.2, 0.25) is 5.88 Å². The Morgan fingerprint density at radius 3 is 2.79 bits per heavy atom. The van der Waals surface area contributed by atoms with Crippen molar-refractivity contribution in [1.82, 2.24) is 15.3 Å². The first kappa shape index (κ1) is 23.4. The molecule has 7 rings (SSSR count). The number of nitrogens with two attached hydrogens (primary N) is 1. The van der Waals surface area contributed by atoms with Crippen LogP contribution >= 0.6 is 11.6 Å². The van der Waals surface area contributed by atoms with Crippen LogP contribution in [-0.2, 0) is 0 Å². The molecule has 3 aliphatic rings. The summed E-state index contributed by atoms with van der Waals surface area (Å²) in [6, 6.07) is 6.60. The minimum Gasteiger partial charge on any atom is -0.472 e. The van der Waals surface area contributed by atoms with Crippen LogP contribution < -0.4 is 20.7 Å². The Bertz CT molecular complexity index is 1740. The van der Waals surface area contributed by atoms with Gasteiger partial charge in [-0.2, -0.15) is 0 Å². The second-order valence-electron chi connectivity index (χ2n) is 10.4. The molecule has 2 aromatic carbocycles. The van der Waals surface area contributed by atoms with Crippen molar-refractivity contribution in [2.24, 2.45) is 0 Å². The number of anilines is 2. The smallest absolute Gasteiger partial charge is 0.226 e. The summed E-state index contributed by atoms with van der Waals surface area (Å²) in [7, 11) is 0. The predicted molar refractivity (Wildman–Crippen MR) is 146 cm³/mol. The molecular weight excluding hydrogens is 508 g/mol. The first-order chi connectivity index (χ1) is 18.3. The number of fused-ring (bicyclic) bond motifs is 6. The van der Waals surface area contributed by atoms with Crippen LogP contribution in [0.4, 0.5) is 20.3 Å². The zero-order chi connectivity index (χ0) is 26.5. The van der Waals surface area contributed by atoms with Crippen LogP contribution in [-0.4, -0.2) is 40.7 Å². The molecule has 0 spiro atoms. The van der Waals surface area contributed by atoms with Crippen LogP contribution in [0, 0.1) is 30.9 Å². The van der Waals surface area contributed by atoms with Crippen molar-refractivity contribution < 1.29 is 13.5 Å². The normalized spacial score (nSPS) is 23.7. The van der Waals surface area contributed by atoms with E-state index in [0.29, 0.717) is 39.4 Å². The second kappa shape index (κ2) is 8.16. The fourth-order valence-corrected chi connectivity index (χ4v) is 6.78. The van der Waals surface area contributed by atoms with E-state index in [-0.39, 0.29) is 51.3 Å². The number of hydrogen-bond acceptors (Lipinski definition) is 6. The fraction of sp³-hybridized carbons (Fsp3) is 0.310. The molecular formula is C29H24ClF2N5O. The molecule has 0 saturated carbocycles. The number of hydrogen-bond donors (Lipinski definition) is 2. The molecule has 4 atom stereocenters. The highest BCUT2D eigenvalue weighted by molar-refractivity contribution is 6.37. The quantitative estimate of drug-likeness (QED) is 0.255. The average Bonchev–Trinajstić information content (AvgIpc) is 3.21. The number of benzene rings is 2. The summed E-state index contributed by atoms with van der Waals surface area (Å²) in [5, 5.41) is 5.40. The summed E-state index contributed by atoms with van der Waals surface area (Å²) in [5.74, 6) is 2.02. The summed E-state index contributed by atoms with van der Waals surface area (Å²) in [6.07, 6.45) is 7.51. The van der Waals surface area contributed by atoms with E-state index in [4.69, 9.17) is 38.5 Å². The maximum atomic E-state index is 16.7. The minimum atomic E-state index is -0.660. The van der Waals surface area contributed by atoms with Crippen molar-refractivity contribution in [1.29, 1.82) is 0 Å². The van der Waals surface area contributed by atoms with Crippen LogP contribution in [0.15, 0.2) is 24.3 Å². The number of ether oxygens (including phenoxy) is 1. The van der Waals surface area contributed by atoms with Crippen LogP contribution in [0.1, 0.15) is 31.0 Å². The second-order valence-corrected chi connectivity index (χ2v) is 10.8. The summed E-state index contributed by atoms with van der Waals surface area (Å²) < 4.78 is 38.0. The van der Waals surface area contributed by atoms with Gasteiger partial charge in [0.15, 0.2) is 5.82 Å². The third-order valence-electron chi connectivity index (χ3n) is 8.14. The van der Waals surface area contributed by atoms with Crippen molar-refractivity contribution in [3.63, 3.8) is 0 Å². The highest BCUT2D eigenvalue weighted by Crippen LogP contribution is 2.47. The van der Waals surface area contributed by atoms with Crippen molar-refractivity contribution in [3.8, 4) is 29.5 Å². The number of nitrogen functional groups attached to an aromatic ring is 1. The number of terminal acetylenes is 1. The fourth-order valence-electron chi connectivity index (χ4n) is 6.56. The predicted octanol–water partition coefficient (Wildman–Crippen LogP) is 5.34. The zero-order valence-corrected chi connectivity index (χ0v) is 21.5. The Balaban J connectivity index is 1.58. The highest BCUT2D eigenvalue weighted by atomic mass is 35.5. The molecule has 0 aliphatic carbocycles. The molecule has 9 heteroatoms. The number of rotatable bonds is 1. The maximum Gasteiger partial charge on any atom is 0.226 e. The Kier molecular flexibility index (Phi) is 5.04. The van der Waals surface area contributed by atoms with Gasteiger partial charge < -0.3 is 20.7 Å². The van der Waals surface area contributed by atoms with Crippen LogP contribution in [0.25, 0.3) is 32.8 Å². The molecule has 3 aliphatic heterocycles. The lowest BCUT2D eigenvalue weighted by atomic mass is 9.95. The summed E-state index contributed by atoms with van der Waals surface area (Å²) >= 11 is 6.75. The average molecular weight is 532 g/mol. The van der Waals surface area contributed by atoms with Gasteiger partial charge >= 0.3 is 0 Å². The zero-order valence-electron chi connectivity index (χ0n) is 20.8. The SMILES string of the molecule is C#Cc1c(F)ccc2cc(N)cc(-c3nc4c5c(nc(C)c(Cl)c5c3F)N3C[C@H]5CC[C@H](N5)[C@H]3[C@H](C)O4)c12. The number of halogens is 3. The Morgan fingerprint density at radius 1 is 1.18 bits per heavy atom. The van der Waals surface area contributed by atoms with Gasteiger partial charge in [0.1, 0.15) is 23.4 Å². The Morgan fingerprint density at radius 2 is 2.00 bits per heavy atom. The van der Waals surface area contributed by atoms with Gasteiger partial charge in [0.05, 0.1) is 27.7 Å². The highest BCUT2D eigenvalue weighted by Gasteiger charge is 2.47. The van der Waals surface area contributed by atoms with Gasteiger partial charge in [-0.15, -0.1) is 6.42 Å². The number of pyridine rings is 2. The van der Waals surface area contributed by atoms with Gasteiger partial charge in [-0.25, -0.2) is 18.7 Å². The molecule has 0 amide bonds. The maximum absolute atomic E-state index is 16.7. The molecule has 0 radical (unpaired) electrons. The molecule has 192 valence electrons. The first-order valence-corrected chi connectivity index (χ1v) is 13.0.